The maximum absolute atomic E-state index is 11.9. The van der Waals surface area contributed by atoms with Crippen LogP contribution in [0, 0.1) is 5.92 Å². The Morgan fingerprint density at radius 3 is 2.44 bits per heavy atom. The van der Waals surface area contributed by atoms with Crippen LogP contribution in [-0.2, 0) is 4.79 Å². The molecule has 2 fully saturated rings. The summed E-state index contributed by atoms with van der Waals surface area (Å²) in [5.74, 6) is 0.983. The van der Waals surface area contributed by atoms with Crippen molar-refractivity contribution in [1.29, 1.82) is 0 Å². The average Bonchev–Trinajstić information content (AvgIpc) is 2.73. The molecule has 1 amide bonds. The number of rotatable bonds is 3. The summed E-state index contributed by atoms with van der Waals surface area (Å²) in [6, 6.07) is 0.530. The Kier molecular flexibility index (Phi) is 5.48. The number of carbonyl (C=O) groups is 1. The average molecular weight is 252 g/mol. The molecule has 0 aromatic rings. The zero-order valence-electron chi connectivity index (χ0n) is 11.7. The highest BCUT2D eigenvalue weighted by molar-refractivity contribution is 5.81. The van der Waals surface area contributed by atoms with Crippen molar-refractivity contribution in [3.8, 4) is 0 Å². The van der Waals surface area contributed by atoms with Gasteiger partial charge in [-0.25, -0.2) is 0 Å². The van der Waals surface area contributed by atoms with Crippen molar-refractivity contribution in [2.24, 2.45) is 5.92 Å². The van der Waals surface area contributed by atoms with Crippen molar-refractivity contribution in [2.45, 2.75) is 76.8 Å². The van der Waals surface area contributed by atoms with E-state index >= 15 is 0 Å². The van der Waals surface area contributed by atoms with Gasteiger partial charge < -0.3 is 10.6 Å². The Balaban J connectivity index is 1.84. The van der Waals surface area contributed by atoms with Gasteiger partial charge in [0.2, 0.25) is 5.91 Å². The first-order chi connectivity index (χ1) is 8.77. The second-order valence-electron chi connectivity index (χ2n) is 6.05. The molecule has 0 radical (unpaired) electrons. The standard InChI is InChI=1S/C15H28N2O/c1-12(13-8-4-2-3-5-9-13)17-14-10-6-7-11-16-15(14)18/h12-14,17H,2-11H2,1H3,(H,16,18)/t12-,14?/m1/s1. The molecule has 1 heterocycles. The molecule has 1 unspecified atom stereocenters. The van der Waals surface area contributed by atoms with Gasteiger partial charge >= 0.3 is 0 Å². The maximum atomic E-state index is 11.9. The van der Waals surface area contributed by atoms with Gasteiger partial charge in [0.05, 0.1) is 6.04 Å². The molecule has 18 heavy (non-hydrogen) atoms. The van der Waals surface area contributed by atoms with E-state index in [9.17, 15) is 4.79 Å². The van der Waals surface area contributed by atoms with Gasteiger partial charge in [-0.05, 0) is 44.9 Å². The number of hydrogen-bond acceptors (Lipinski definition) is 2. The fraction of sp³-hybridized carbons (Fsp3) is 0.933. The van der Waals surface area contributed by atoms with Crippen molar-refractivity contribution in [3.63, 3.8) is 0 Å². The third-order valence-electron chi connectivity index (χ3n) is 4.61. The quantitative estimate of drug-likeness (QED) is 0.758. The summed E-state index contributed by atoms with van der Waals surface area (Å²) in [7, 11) is 0. The molecule has 2 rings (SSSR count). The van der Waals surface area contributed by atoms with Crippen LogP contribution in [0.15, 0.2) is 0 Å². The van der Waals surface area contributed by atoms with Gasteiger partial charge in [-0.3, -0.25) is 4.79 Å². The van der Waals surface area contributed by atoms with Crippen LogP contribution < -0.4 is 10.6 Å². The summed E-state index contributed by atoms with van der Waals surface area (Å²) >= 11 is 0. The molecule has 2 atom stereocenters. The van der Waals surface area contributed by atoms with Gasteiger partial charge in [-0.15, -0.1) is 0 Å². The first kappa shape index (κ1) is 13.9. The molecule has 0 bridgehead atoms. The van der Waals surface area contributed by atoms with Gasteiger partial charge in [0.15, 0.2) is 0 Å². The lowest BCUT2D eigenvalue weighted by Crippen LogP contribution is -2.48. The molecule has 3 heteroatoms. The molecular formula is C15H28N2O. The highest BCUT2D eigenvalue weighted by Gasteiger charge is 2.25. The monoisotopic (exact) mass is 252 g/mol. The number of nitrogens with one attached hydrogen (secondary N) is 2. The van der Waals surface area contributed by atoms with E-state index in [-0.39, 0.29) is 11.9 Å². The lowest BCUT2D eigenvalue weighted by Gasteiger charge is -2.27. The molecule has 1 aliphatic carbocycles. The smallest absolute Gasteiger partial charge is 0.237 e. The molecule has 1 saturated heterocycles. The topological polar surface area (TPSA) is 41.1 Å². The minimum atomic E-state index is 0.0470. The predicted octanol–water partition coefficient (Wildman–Crippen LogP) is 2.60. The molecule has 2 aliphatic rings. The van der Waals surface area contributed by atoms with E-state index in [1.165, 1.54) is 38.5 Å². The lowest BCUT2D eigenvalue weighted by molar-refractivity contribution is -0.123. The van der Waals surface area contributed by atoms with Gasteiger partial charge in [0, 0.05) is 12.6 Å². The van der Waals surface area contributed by atoms with Crippen LogP contribution in [0.4, 0.5) is 0 Å². The van der Waals surface area contributed by atoms with Crippen LogP contribution in [0.2, 0.25) is 0 Å². The minimum absolute atomic E-state index is 0.0470. The Labute approximate surface area is 111 Å². The van der Waals surface area contributed by atoms with Crippen LogP contribution in [0.25, 0.3) is 0 Å². The van der Waals surface area contributed by atoms with E-state index in [0.717, 1.165) is 31.7 Å². The van der Waals surface area contributed by atoms with E-state index in [1.54, 1.807) is 0 Å². The normalized spacial score (nSPS) is 29.2. The summed E-state index contributed by atoms with van der Waals surface area (Å²) < 4.78 is 0. The summed E-state index contributed by atoms with van der Waals surface area (Å²) in [6.07, 6.45) is 11.5. The first-order valence-electron chi connectivity index (χ1n) is 7.81. The Hall–Kier alpha value is -0.570. The Bertz CT molecular complexity index is 259. The van der Waals surface area contributed by atoms with Crippen molar-refractivity contribution in [2.75, 3.05) is 6.54 Å². The number of hydrogen-bond donors (Lipinski definition) is 2. The second-order valence-corrected chi connectivity index (χ2v) is 6.05. The van der Waals surface area contributed by atoms with Gasteiger partial charge in [0.1, 0.15) is 0 Å². The molecule has 104 valence electrons. The van der Waals surface area contributed by atoms with Crippen LogP contribution in [-0.4, -0.2) is 24.5 Å². The van der Waals surface area contributed by atoms with Gasteiger partial charge in [-0.1, -0.05) is 25.7 Å². The Morgan fingerprint density at radius 2 is 1.72 bits per heavy atom. The number of amides is 1. The lowest BCUT2D eigenvalue weighted by atomic mass is 9.92. The van der Waals surface area contributed by atoms with Gasteiger partial charge in [-0.2, -0.15) is 0 Å². The van der Waals surface area contributed by atoms with Gasteiger partial charge in [0.25, 0.3) is 0 Å². The predicted molar refractivity (Wildman–Crippen MR) is 74.4 cm³/mol. The molecule has 0 aromatic carbocycles. The Morgan fingerprint density at radius 1 is 1.06 bits per heavy atom. The fourth-order valence-corrected chi connectivity index (χ4v) is 3.36. The van der Waals surface area contributed by atoms with Crippen LogP contribution in [0.3, 0.4) is 0 Å². The molecule has 3 nitrogen and oxygen atoms in total. The van der Waals surface area contributed by atoms with Crippen molar-refractivity contribution >= 4 is 5.91 Å². The van der Waals surface area contributed by atoms with E-state index in [0.29, 0.717) is 6.04 Å². The minimum Gasteiger partial charge on any atom is -0.355 e. The maximum Gasteiger partial charge on any atom is 0.237 e. The van der Waals surface area contributed by atoms with Crippen LogP contribution in [0.1, 0.15) is 64.7 Å². The SMILES string of the molecule is C[C@@H](NC1CCCCNC1=O)C1CCCCCC1. The summed E-state index contributed by atoms with van der Waals surface area (Å²) in [5, 5.41) is 6.61. The summed E-state index contributed by atoms with van der Waals surface area (Å²) in [6.45, 7) is 3.13. The fourth-order valence-electron chi connectivity index (χ4n) is 3.36. The molecule has 1 aliphatic heterocycles. The zero-order valence-corrected chi connectivity index (χ0v) is 11.7. The molecule has 2 N–H and O–H groups in total. The molecule has 0 spiro atoms. The zero-order chi connectivity index (χ0) is 12.8. The third-order valence-corrected chi connectivity index (χ3v) is 4.61. The van der Waals surface area contributed by atoms with Crippen molar-refractivity contribution < 1.29 is 4.79 Å². The van der Waals surface area contributed by atoms with E-state index < -0.39 is 0 Å². The van der Waals surface area contributed by atoms with E-state index in [2.05, 4.69) is 17.6 Å². The highest BCUT2D eigenvalue weighted by Crippen LogP contribution is 2.26. The number of carbonyl (C=O) groups excluding carboxylic acids is 1. The molecule has 1 saturated carbocycles. The van der Waals surface area contributed by atoms with E-state index in [4.69, 9.17) is 0 Å². The molecule has 0 aromatic heterocycles. The van der Waals surface area contributed by atoms with Crippen LogP contribution in [0.5, 0.6) is 0 Å². The second kappa shape index (κ2) is 7.13. The highest BCUT2D eigenvalue weighted by atomic mass is 16.2. The van der Waals surface area contributed by atoms with Crippen LogP contribution >= 0.6 is 0 Å². The first-order valence-corrected chi connectivity index (χ1v) is 7.81. The van der Waals surface area contributed by atoms with E-state index in [1.807, 2.05) is 0 Å². The molecular weight excluding hydrogens is 224 g/mol. The third kappa shape index (κ3) is 3.98. The van der Waals surface area contributed by atoms with Crippen molar-refractivity contribution in [1.82, 2.24) is 10.6 Å². The summed E-state index contributed by atoms with van der Waals surface area (Å²) in [5.41, 5.74) is 0. The largest absolute Gasteiger partial charge is 0.355 e. The summed E-state index contributed by atoms with van der Waals surface area (Å²) in [4.78, 5) is 11.9. The van der Waals surface area contributed by atoms with Crippen molar-refractivity contribution in [3.05, 3.63) is 0 Å².